The van der Waals surface area contributed by atoms with Crippen molar-refractivity contribution in [2.45, 2.75) is 20.1 Å². The maximum absolute atomic E-state index is 13.3. The van der Waals surface area contributed by atoms with Gasteiger partial charge in [0.25, 0.3) is 0 Å². The van der Waals surface area contributed by atoms with Gasteiger partial charge in [-0.25, -0.2) is 9.78 Å². The Bertz CT molecular complexity index is 876. The van der Waals surface area contributed by atoms with E-state index in [1.165, 1.54) is 0 Å². The van der Waals surface area contributed by atoms with Crippen molar-refractivity contribution in [3.63, 3.8) is 0 Å². The number of carbonyl (C=O) groups is 1. The molecule has 2 aromatic carbocycles. The van der Waals surface area contributed by atoms with Crippen LogP contribution in [0, 0.1) is 0 Å². The van der Waals surface area contributed by atoms with Gasteiger partial charge in [-0.3, -0.25) is 4.57 Å². The molecule has 5 nitrogen and oxygen atoms in total. The average molecular weight is 346 g/mol. The minimum Gasteiger partial charge on any atom is -0.486 e. The highest BCUT2D eigenvalue weighted by Crippen LogP contribution is 2.24. The van der Waals surface area contributed by atoms with Gasteiger partial charge >= 0.3 is 12.5 Å². The Balaban J connectivity index is 1.76. The minimum atomic E-state index is -2.71. The molecule has 0 fully saturated rings. The smallest absolute Gasteiger partial charge is 0.338 e. The Morgan fingerprint density at radius 2 is 1.88 bits per heavy atom. The molecule has 130 valence electrons. The first-order valence-corrected chi connectivity index (χ1v) is 7.74. The molecular weight excluding hydrogens is 330 g/mol. The van der Waals surface area contributed by atoms with Gasteiger partial charge in [0.15, 0.2) is 5.82 Å². The zero-order valence-corrected chi connectivity index (χ0v) is 13.5. The SMILES string of the molecule is CCOC(=O)c1ccc(OCc2nc3ccccc3n2C(F)F)cc1. The van der Waals surface area contributed by atoms with Gasteiger partial charge in [0.1, 0.15) is 12.4 Å². The summed E-state index contributed by atoms with van der Waals surface area (Å²) in [7, 11) is 0. The molecular formula is C18H16F2N2O3. The first kappa shape index (κ1) is 16.9. The van der Waals surface area contributed by atoms with Crippen molar-refractivity contribution in [2.24, 2.45) is 0 Å². The molecule has 0 saturated carbocycles. The second kappa shape index (κ2) is 7.29. The molecule has 7 heteroatoms. The minimum absolute atomic E-state index is 0.113. The van der Waals surface area contributed by atoms with Crippen LogP contribution >= 0.6 is 0 Å². The molecule has 0 N–H and O–H groups in total. The molecule has 0 aliphatic heterocycles. The van der Waals surface area contributed by atoms with Crippen LogP contribution in [0.15, 0.2) is 48.5 Å². The first-order chi connectivity index (χ1) is 12.1. The zero-order valence-electron chi connectivity index (χ0n) is 13.5. The van der Waals surface area contributed by atoms with Crippen LogP contribution in [0.3, 0.4) is 0 Å². The molecule has 0 spiro atoms. The van der Waals surface area contributed by atoms with Gasteiger partial charge in [-0.15, -0.1) is 0 Å². The molecule has 0 saturated heterocycles. The number of hydrogen-bond acceptors (Lipinski definition) is 4. The largest absolute Gasteiger partial charge is 0.486 e. The molecule has 0 aliphatic carbocycles. The van der Waals surface area contributed by atoms with Crippen LogP contribution in [0.1, 0.15) is 29.7 Å². The van der Waals surface area contributed by atoms with E-state index in [2.05, 4.69) is 4.98 Å². The number of fused-ring (bicyclic) bond motifs is 1. The molecule has 3 rings (SSSR count). The fraction of sp³-hybridized carbons (Fsp3) is 0.222. The van der Waals surface area contributed by atoms with Crippen LogP contribution in [0.5, 0.6) is 5.75 Å². The summed E-state index contributed by atoms with van der Waals surface area (Å²) in [5, 5.41) is 0. The van der Waals surface area contributed by atoms with Crippen LogP contribution in [0.4, 0.5) is 8.78 Å². The number of carbonyl (C=O) groups excluding carboxylic acids is 1. The monoisotopic (exact) mass is 346 g/mol. The van der Waals surface area contributed by atoms with Gasteiger partial charge in [-0.05, 0) is 43.3 Å². The predicted molar refractivity (Wildman–Crippen MR) is 87.7 cm³/mol. The lowest BCUT2D eigenvalue weighted by Crippen LogP contribution is -2.08. The molecule has 0 unspecified atom stereocenters. The molecule has 25 heavy (non-hydrogen) atoms. The number of alkyl halides is 2. The van der Waals surface area contributed by atoms with E-state index in [0.717, 1.165) is 4.57 Å². The van der Waals surface area contributed by atoms with Crippen LogP contribution in [-0.4, -0.2) is 22.1 Å². The fourth-order valence-electron chi connectivity index (χ4n) is 2.46. The van der Waals surface area contributed by atoms with E-state index in [1.54, 1.807) is 55.5 Å². The van der Waals surface area contributed by atoms with Gasteiger partial charge in [0, 0.05) is 0 Å². The Morgan fingerprint density at radius 1 is 1.16 bits per heavy atom. The van der Waals surface area contributed by atoms with Crippen molar-refractivity contribution in [2.75, 3.05) is 6.61 Å². The molecule has 0 aliphatic rings. The number of halogens is 2. The first-order valence-electron chi connectivity index (χ1n) is 7.74. The number of imidazole rings is 1. The number of hydrogen-bond donors (Lipinski definition) is 0. The highest BCUT2D eigenvalue weighted by Gasteiger charge is 2.17. The van der Waals surface area contributed by atoms with Crippen molar-refractivity contribution in [1.29, 1.82) is 0 Å². The Kier molecular flexibility index (Phi) is 4.92. The molecule has 0 bridgehead atoms. The van der Waals surface area contributed by atoms with Crippen molar-refractivity contribution < 1.29 is 23.0 Å². The van der Waals surface area contributed by atoms with Crippen LogP contribution in [-0.2, 0) is 11.3 Å². The van der Waals surface area contributed by atoms with E-state index in [1.807, 2.05) is 0 Å². The van der Waals surface area contributed by atoms with Crippen LogP contribution in [0.2, 0.25) is 0 Å². The summed E-state index contributed by atoms with van der Waals surface area (Å²) >= 11 is 0. The second-order valence-electron chi connectivity index (χ2n) is 5.20. The normalized spacial score (nSPS) is 11.0. The van der Waals surface area contributed by atoms with Crippen molar-refractivity contribution in [1.82, 2.24) is 9.55 Å². The standard InChI is InChI=1S/C18H16F2N2O3/c1-2-24-17(23)12-7-9-13(10-8-12)25-11-16-21-14-5-3-4-6-15(14)22(16)18(19)20/h3-10,18H,2,11H2,1H3. The van der Waals surface area contributed by atoms with Gasteiger partial charge in [-0.2, -0.15) is 8.78 Å². The van der Waals surface area contributed by atoms with Crippen molar-refractivity contribution in [3.05, 3.63) is 59.9 Å². The Morgan fingerprint density at radius 3 is 2.56 bits per heavy atom. The predicted octanol–water partition coefficient (Wildman–Crippen LogP) is 4.19. The molecule has 0 radical (unpaired) electrons. The quantitative estimate of drug-likeness (QED) is 0.628. The lowest BCUT2D eigenvalue weighted by molar-refractivity contribution is 0.0525. The lowest BCUT2D eigenvalue weighted by atomic mass is 10.2. The third kappa shape index (κ3) is 3.60. The number of rotatable bonds is 6. The van der Waals surface area contributed by atoms with E-state index in [-0.39, 0.29) is 12.4 Å². The Hall–Kier alpha value is -2.96. The Labute approximate surface area is 142 Å². The number of aromatic nitrogens is 2. The molecule has 0 amide bonds. The number of ether oxygens (including phenoxy) is 2. The lowest BCUT2D eigenvalue weighted by Gasteiger charge is -2.09. The number of para-hydroxylation sites is 2. The highest BCUT2D eigenvalue weighted by atomic mass is 19.3. The fourth-order valence-corrected chi connectivity index (χ4v) is 2.46. The van der Waals surface area contributed by atoms with Crippen LogP contribution in [0.25, 0.3) is 11.0 Å². The topological polar surface area (TPSA) is 53.4 Å². The second-order valence-corrected chi connectivity index (χ2v) is 5.20. The summed E-state index contributed by atoms with van der Waals surface area (Å²) in [6.45, 7) is -0.805. The van der Waals surface area contributed by atoms with E-state index in [9.17, 15) is 13.6 Å². The van der Waals surface area contributed by atoms with Crippen molar-refractivity contribution in [3.8, 4) is 5.75 Å². The van der Waals surface area contributed by atoms with Crippen LogP contribution < -0.4 is 4.74 Å². The maximum Gasteiger partial charge on any atom is 0.338 e. The van der Waals surface area contributed by atoms with E-state index in [0.29, 0.717) is 29.0 Å². The van der Waals surface area contributed by atoms with Gasteiger partial charge in [0.2, 0.25) is 0 Å². The molecule has 0 atom stereocenters. The molecule has 1 aromatic heterocycles. The summed E-state index contributed by atoms with van der Waals surface area (Å²) in [6.07, 6.45) is 0. The summed E-state index contributed by atoms with van der Waals surface area (Å²) in [4.78, 5) is 15.8. The summed E-state index contributed by atoms with van der Waals surface area (Å²) in [5.41, 5.74) is 1.24. The zero-order chi connectivity index (χ0) is 17.8. The number of nitrogens with zero attached hydrogens (tertiary/aromatic N) is 2. The summed E-state index contributed by atoms with van der Waals surface area (Å²) < 4.78 is 38.0. The van der Waals surface area contributed by atoms with Gasteiger partial charge in [0.05, 0.1) is 23.2 Å². The van der Waals surface area contributed by atoms with E-state index in [4.69, 9.17) is 9.47 Å². The number of esters is 1. The van der Waals surface area contributed by atoms with Gasteiger partial charge in [-0.1, -0.05) is 12.1 Å². The number of benzene rings is 2. The highest BCUT2D eigenvalue weighted by molar-refractivity contribution is 5.89. The van der Waals surface area contributed by atoms with Crippen molar-refractivity contribution >= 4 is 17.0 Å². The van der Waals surface area contributed by atoms with Gasteiger partial charge < -0.3 is 9.47 Å². The average Bonchev–Trinajstić information content (AvgIpc) is 2.99. The van der Waals surface area contributed by atoms with E-state index >= 15 is 0 Å². The summed E-state index contributed by atoms with van der Waals surface area (Å²) in [6, 6.07) is 13.0. The third-order valence-electron chi connectivity index (χ3n) is 3.60. The van der Waals surface area contributed by atoms with E-state index < -0.39 is 12.5 Å². The summed E-state index contributed by atoms with van der Waals surface area (Å²) in [5.74, 6) is 0.153. The third-order valence-corrected chi connectivity index (χ3v) is 3.60. The maximum atomic E-state index is 13.3. The molecule has 3 aromatic rings. The molecule has 1 heterocycles.